The number of carbonyl (C=O) groups excluding carboxylic acids is 1. The minimum Gasteiger partial charge on any atom is -0.495 e. The van der Waals surface area contributed by atoms with Crippen molar-refractivity contribution in [1.82, 2.24) is 0 Å². The molecule has 0 spiro atoms. The summed E-state index contributed by atoms with van der Waals surface area (Å²) in [6.45, 7) is 6.23. The smallest absolute Gasteiger partial charge is 0.262 e. The standard InChI is InChI=1S/C19H22ClNO3/c1-19(2,3)13-8-9-17(23-4)16(10-13)21-18(22)12-24-15-7-5-6-14(20)11-15/h5-11H,12H2,1-4H3,(H,21,22). The molecule has 0 saturated heterocycles. The second-order valence-corrected chi connectivity index (χ2v) is 6.90. The second-order valence-electron chi connectivity index (χ2n) is 6.46. The Kier molecular flexibility index (Phi) is 5.73. The number of ether oxygens (including phenoxy) is 2. The van der Waals surface area contributed by atoms with Gasteiger partial charge in [0.15, 0.2) is 6.61 Å². The highest BCUT2D eigenvalue weighted by Crippen LogP contribution is 2.31. The zero-order valence-electron chi connectivity index (χ0n) is 14.4. The fourth-order valence-electron chi connectivity index (χ4n) is 2.16. The maximum atomic E-state index is 12.2. The third-order valence-electron chi connectivity index (χ3n) is 3.51. The first-order chi connectivity index (χ1) is 11.3. The Hall–Kier alpha value is -2.20. The first-order valence-corrected chi connectivity index (χ1v) is 8.04. The highest BCUT2D eigenvalue weighted by atomic mass is 35.5. The molecule has 0 aliphatic rings. The average molecular weight is 348 g/mol. The van der Waals surface area contributed by atoms with Crippen molar-refractivity contribution in [2.75, 3.05) is 19.0 Å². The number of nitrogens with one attached hydrogen (secondary N) is 1. The van der Waals surface area contributed by atoms with Gasteiger partial charge in [-0.2, -0.15) is 0 Å². The minimum atomic E-state index is -0.265. The molecule has 0 bridgehead atoms. The summed E-state index contributed by atoms with van der Waals surface area (Å²) in [6.07, 6.45) is 0. The molecule has 5 heteroatoms. The molecule has 2 aromatic carbocycles. The molecule has 0 heterocycles. The predicted molar refractivity (Wildman–Crippen MR) is 97.3 cm³/mol. The molecule has 0 aliphatic carbocycles. The van der Waals surface area contributed by atoms with Gasteiger partial charge in [0.2, 0.25) is 0 Å². The van der Waals surface area contributed by atoms with Gasteiger partial charge >= 0.3 is 0 Å². The molecule has 1 amide bonds. The molecule has 2 rings (SSSR count). The zero-order valence-corrected chi connectivity index (χ0v) is 15.1. The van der Waals surface area contributed by atoms with Crippen molar-refractivity contribution in [2.24, 2.45) is 0 Å². The number of rotatable bonds is 5. The van der Waals surface area contributed by atoms with E-state index in [9.17, 15) is 4.79 Å². The summed E-state index contributed by atoms with van der Waals surface area (Å²) in [5.41, 5.74) is 1.71. The van der Waals surface area contributed by atoms with Gasteiger partial charge in [-0.25, -0.2) is 0 Å². The van der Waals surface area contributed by atoms with Gasteiger partial charge in [-0.15, -0.1) is 0 Å². The number of anilines is 1. The van der Waals surface area contributed by atoms with Crippen LogP contribution in [0.15, 0.2) is 42.5 Å². The first-order valence-electron chi connectivity index (χ1n) is 7.66. The number of hydrogen-bond acceptors (Lipinski definition) is 3. The van der Waals surface area contributed by atoms with E-state index >= 15 is 0 Å². The normalized spacial score (nSPS) is 11.0. The Bertz CT molecular complexity index is 723. The molecular formula is C19H22ClNO3. The SMILES string of the molecule is COc1ccc(C(C)(C)C)cc1NC(=O)COc1cccc(Cl)c1. The van der Waals surface area contributed by atoms with Crippen molar-refractivity contribution in [2.45, 2.75) is 26.2 Å². The Labute approximate surface area is 147 Å². The lowest BCUT2D eigenvalue weighted by atomic mass is 9.87. The van der Waals surface area contributed by atoms with E-state index in [1.54, 1.807) is 31.4 Å². The second kappa shape index (κ2) is 7.58. The summed E-state index contributed by atoms with van der Waals surface area (Å²) in [7, 11) is 1.57. The molecule has 0 unspecified atom stereocenters. The maximum Gasteiger partial charge on any atom is 0.262 e. The van der Waals surface area contributed by atoms with E-state index in [0.717, 1.165) is 5.56 Å². The molecule has 0 saturated carbocycles. The van der Waals surface area contributed by atoms with Gasteiger partial charge in [-0.1, -0.05) is 44.5 Å². The van der Waals surface area contributed by atoms with Gasteiger partial charge in [0.05, 0.1) is 12.8 Å². The van der Waals surface area contributed by atoms with Crippen LogP contribution in [0.3, 0.4) is 0 Å². The summed E-state index contributed by atoms with van der Waals surface area (Å²) in [4.78, 5) is 12.2. The van der Waals surface area contributed by atoms with E-state index in [1.165, 1.54) is 0 Å². The van der Waals surface area contributed by atoms with Crippen LogP contribution in [0, 0.1) is 0 Å². The van der Waals surface area contributed by atoms with Crippen LogP contribution in [0.4, 0.5) is 5.69 Å². The van der Waals surface area contributed by atoms with Crippen molar-refractivity contribution in [3.05, 3.63) is 53.1 Å². The summed E-state index contributed by atoms with van der Waals surface area (Å²) in [5, 5.41) is 3.40. The number of benzene rings is 2. The molecule has 0 radical (unpaired) electrons. The van der Waals surface area contributed by atoms with Crippen LogP contribution in [-0.2, 0) is 10.2 Å². The van der Waals surface area contributed by atoms with Gasteiger partial charge in [-0.05, 0) is 41.3 Å². The molecule has 0 atom stereocenters. The number of amides is 1. The minimum absolute atomic E-state index is 0.0248. The molecule has 0 aliphatic heterocycles. The van der Waals surface area contributed by atoms with E-state index in [4.69, 9.17) is 21.1 Å². The van der Waals surface area contributed by atoms with Gasteiger partial charge in [0.1, 0.15) is 11.5 Å². The van der Waals surface area contributed by atoms with Crippen LogP contribution in [0.2, 0.25) is 5.02 Å². The number of halogens is 1. The van der Waals surface area contributed by atoms with Crippen LogP contribution >= 0.6 is 11.6 Å². The van der Waals surface area contributed by atoms with Crippen molar-refractivity contribution in [3.8, 4) is 11.5 Å². The molecule has 24 heavy (non-hydrogen) atoms. The van der Waals surface area contributed by atoms with Gasteiger partial charge in [0, 0.05) is 5.02 Å². The quantitative estimate of drug-likeness (QED) is 0.855. The molecule has 2 aromatic rings. The molecule has 0 aromatic heterocycles. The first kappa shape index (κ1) is 18.1. The fourth-order valence-corrected chi connectivity index (χ4v) is 2.34. The molecule has 1 N–H and O–H groups in total. The zero-order chi connectivity index (χ0) is 17.7. The van der Waals surface area contributed by atoms with Crippen LogP contribution in [0.5, 0.6) is 11.5 Å². The summed E-state index contributed by atoms with van der Waals surface area (Å²) in [6, 6.07) is 12.7. The third-order valence-corrected chi connectivity index (χ3v) is 3.74. The topological polar surface area (TPSA) is 47.6 Å². The van der Waals surface area contributed by atoms with E-state index in [1.807, 2.05) is 18.2 Å². The third kappa shape index (κ3) is 4.90. The Balaban J connectivity index is 2.07. The van der Waals surface area contributed by atoms with E-state index < -0.39 is 0 Å². The predicted octanol–water partition coefficient (Wildman–Crippen LogP) is 4.66. The lowest BCUT2D eigenvalue weighted by Crippen LogP contribution is -2.21. The number of hydrogen-bond donors (Lipinski definition) is 1. The van der Waals surface area contributed by atoms with Gasteiger partial charge < -0.3 is 14.8 Å². The van der Waals surface area contributed by atoms with Gasteiger partial charge in [0.25, 0.3) is 5.91 Å². The maximum absolute atomic E-state index is 12.2. The molecule has 128 valence electrons. The van der Waals surface area contributed by atoms with E-state index in [0.29, 0.717) is 22.2 Å². The van der Waals surface area contributed by atoms with Crippen LogP contribution in [-0.4, -0.2) is 19.6 Å². The van der Waals surface area contributed by atoms with Crippen molar-refractivity contribution in [1.29, 1.82) is 0 Å². The van der Waals surface area contributed by atoms with Crippen LogP contribution < -0.4 is 14.8 Å². The van der Waals surface area contributed by atoms with E-state index in [2.05, 4.69) is 26.1 Å². The Morgan fingerprint density at radius 1 is 1.17 bits per heavy atom. The average Bonchev–Trinajstić information content (AvgIpc) is 2.52. The number of methoxy groups -OCH3 is 1. The number of carbonyl (C=O) groups is 1. The lowest BCUT2D eigenvalue weighted by molar-refractivity contribution is -0.118. The van der Waals surface area contributed by atoms with Crippen LogP contribution in [0.1, 0.15) is 26.3 Å². The highest BCUT2D eigenvalue weighted by molar-refractivity contribution is 6.30. The van der Waals surface area contributed by atoms with Crippen molar-refractivity contribution in [3.63, 3.8) is 0 Å². The lowest BCUT2D eigenvalue weighted by Gasteiger charge is -2.21. The highest BCUT2D eigenvalue weighted by Gasteiger charge is 2.17. The summed E-state index contributed by atoms with van der Waals surface area (Å²) < 4.78 is 10.8. The fraction of sp³-hybridized carbons (Fsp3) is 0.316. The molecule has 4 nitrogen and oxygen atoms in total. The van der Waals surface area contributed by atoms with Crippen molar-refractivity contribution >= 4 is 23.2 Å². The van der Waals surface area contributed by atoms with E-state index in [-0.39, 0.29) is 17.9 Å². The van der Waals surface area contributed by atoms with Gasteiger partial charge in [-0.3, -0.25) is 4.79 Å². The van der Waals surface area contributed by atoms with Crippen LogP contribution in [0.25, 0.3) is 0 Å². The largest absolute Gasteiger partial charge is 0.495 e. The van der Waals surface area contributed by atoms with Crippen molar-refractivity contribution < 1.29 is 14.3 Å². The summed E-state index contributed by atoms with van der Waals surface area (Å²) in [5.74, 6) is 0.895. The Morgan fingerprint density at radius 3 is 2.54 bits per heavy atom. The monoisotopic (exact) mass is 347 g/mol. The molecule has 0 fully saturated rings. The molecular weight excluding hydrogens is 326 g/mol. The Morgan fingerprint density at radius 2 is 1.92 bits per heavy atom. The summed E-state index contributed by atoms with van der Waals surface area (Å²) >= 11 is 5.89.